The molecular weight excluding hydrogens is 522 g/mol. The number of hydrogen-bond acceptors (Lipinski definition) is 6. The van der Waals surface area contributed by atoms with Crippen LogP contribution < -0.4 is 19.5 Å². The summed E-state index contributed by atoms with van der Waals surface area (Å²) >= 11 is 0. The van der Waals surface area contributed by atoms with Gasteiger partial charge in [-0.3, -0.25) is 14.4 Å². The fourth-order valence-corrected chi connectivity index (χ4v) is 5.34. The highest BCUT2D eigenvalue weighted by atomic mass is 16.5. The zero-order valence-electron chi connectivity index (χ0n) is 24.6. The van der Waals surface area contributed by atoms with Crippen molar-refractivity contribution in [3.63, 3.8) is 0 Å². The third-order valence-electron chi connectivity index (χ3n) is 7.91. The third-order valence-corrected chi connectivity index (χ3v) is 7.91. The van der Waals surface area contributed by atoms with Crippen LogP contribution in [0.5, 0.6) is 17.2 Å². The molecule has 1 aliphatic rings. The summed E-state index contributed by atoms with van der Waals surface area (Å²) in [4.78, 5) is 44.4. The quantitative estimate of drug-likeness (QED) is 0.417. The number of fused-ring (bicyclic) bond motifs is 1. The van der Waals surface area contributed by atoms with Gasteiger partial charge in [0.2, 0.25) is 11.7 Å². The van der Waals surface area contributed by atoms with Crippen molar-refractivity contribution in [2.75, 3.05) is 41.0 Å². The number of piperazine rings is 1. The van der Waals surface area contributed by atoms with Gasteiger partial charge in [-0.05, 0) is 41.8 Å². The maximum absolute atomic E-state index is 13.8. The Labute approximate surface area is 241 Å². The van der Waals surface area contributed by atoms with Gasteiger partial charge in [0.15, 0.2) is 11.5 Å². The molecule has 1 N–H and O–H groups in total. The highest BCUT2D eigenvalue weighted by molar-refractivity contribution is 6.07. The largest absolute Gasteiger partial charge is 0.493 e. The van der Waals surface area contributed by atoms with Crippen LogP contribution in [0.2, 0.25) is 0 Å². The molecule has 1 heterocycles. The minimum absolute atomic E-state index is 0.0458. The molecule has 1 saturated heterocycles. The Bertz CT molecular complexity index is 1390. The average molecular weight is 562 g/mol. The Balaban J connectivity index is 1.50. The molecule has 0 spiro atoms. The topological polar surface area (TPSA) is 97.4 Å². The van der Waals surface area contributed by atoms with Crippen molar-refractivity contribution < 1.29 is 28.6 Å². The summed E-state index contributed by atoms with van der Waals surface area (Å²) in [7, 11) is 4.46. The van der Waals surface area contributed by atoms with E-state index < -0.39 is 11.9 Å². The minimum Gasteiger partial charge on any atom is -0.493 e. The van der Waals surface area contributed by atoms with Gasteiger partial charge in [0.25, 0.3) is 11.8 Å². The summed E-state index contributed by atoms with van der Waals surface area (Å²) in [5.74, 6) is 0.346. The van der Waals surface area contributed by atoms with Gasteiger partial charge >= 0.3 is 0 Å². The molecule has 9 heteroatoms. The van der Waals surface area contributed by atoms with Gasteiger partial charge in [0.1, 0.15) is 6.04 Å². The summed E-state index contributed by atoms with van der Waals surface area (Å²) < 4.78 is 16.1. The first-order valence-electron chi connectivity index (χ1n) is 13.9. The molecule has 41 heavy (non-hydrogen) atoms. The molecule has 3 amide bonds. The lowest BCUT2D eigenvalue weighted by Crippen LogP contribution is -2.60. The molecule has 0 radical (unpaired) electrons. The molecule has 9 nitrogen and oxygen atoms in total. The van der Waals surface area contributed by atoms with Crippen molar-refractivity contribution in [1.82, 2.24) is 15.1 Å². The van der Waals surface area contributed by atoms with E-state index in [9.17, 15) is 14.4 Å². The Morgan fingerprint density at radius 3 is 2.22 bits per heavy atom. The number of ether oxygens (including phenoxy) is 3. The molecule has 218 valence electrons. The van der Waals surface area contributed by atoms with Gasteiger partial charge in [-0.2, -0.15) is 0 Å². The normalized spacial score (nSPS) is 16.6. The predicted molar refractivity (Wildman–Crippen MR) is 158 cm³/mol. The molecule has 3 unspecified atom stereocenters. The van der Waals surface area contributed by atoms with E-state index in [-0.39, 0.29) is 23.8 Å². The van der Waals surface area contributed by atoms with Crippen LogP contribution in [0, 0.1) is 5.92 Å². The number of nitrogens with zero attached hydrogens (tertiary/aromatic N) is 2. The second-order valence-corrected chi connectivity index (χ2v) is 10.4. The van der Waals surface area contributed by atoms with E-state index in [0.29, 0.717) is 54.4 Å². The fourth-order valence-electron chi connectivity index (χ4n) is 5.34. The lowest BCUT2D eigenvalue weighted by Gasteiger charge is -2.41. The Kier molecular flexibility index (Phi) is 9.37. The highest BCUT2D eigenvalue weighted by Crippen LogP contribution is 2.38. The lowest BCUT2D eigenvalue weighted by molar-refractivity contribution is -0.137. The Morgan fingerprint density at radius 1 is 0.951 bits per heavy atom. The van der Waals surface area contributed by atoms with Gasteiger partial charge in [-0.1, -0.05) is 56.7 Å². The van der Waals surface area contributed by atoms with Crippen molar-refractivity contribution in [3.05, 3.63) is 65.7 Å². The second-order valence-electron chi connectivity index (χ2n) is 10.4. The van der Waals surface area contributed by atoms with E-state index in [2.05, 4.69) is 5.32 Å². The third kappa shape index (κ3) is 6.09. The SMILES string of the molecule is CCC(C)C(NC(=O)c1cc(OC)c(OC)c(OC)c1)C(=O)N1CCN(C(=O)c2cccc3ccccc23)C(C)C1. The van der Waals surface area contributed by atoms with E-state index in [4.69, 9.17) is 14.2 Å². The molecule has 0 aliphatic carbocycles. The van der Waals surface area contributed by atoms with Gasteiger partial charge in [-0.15, -0.1) is 0 Å². The smallest absolute Gasteiger partial charge is 0.254 e. The van der Waals surface area contributed by atoms with Crippen LogP contribution in [0.4, 0.5) is 0 Å². The van der Waals surface area contributed by atoms with E-state index >= 15 is 0 Å². The van der Waals surface area contributed by atoms with Gasteiger partial charge in [-0.25, -0.2) is 0 Å². The maximum atomic E-state index is 13.8. The van der Waals surface area contributed by atoms with Gasteiger partial charge in [0.05, 0.1) is 21.3 Å². The van der Waals surface area contributed by atoms with E-state index in [1.165, 1.54) is 21.3 Å². The van der Waals surface area contributed by atoms with Crippen molar-refractivity contribution in [2.24, 2.45) is 5.92 Å². The fraction of sp³-hybridized carbons (Fsp3) is 0.406. The minimum atomic E-state index is -0.737. The molecule has 0 bridgehead atoms. The van der Waals surface area contributed by atoms with Gasteiger partial charge in [0, 0.05) is 36.8 Å². The first-order valence-corrected chi connectivity index (χ1v) is 13.9. The lowest BCUT2D eigenvalue weighted by atomic mass is 9.96. The summed E-state index contributed by atoms with van der Waals surface area (Å²) in [6, 6.07) is 15.8. The maximum Gasteiger partial charge on any atom is 0.254 e. The predicted octanol–water partition coefficient (Wildman–Crippen LogP) is 4.38. The van der Waals surface area contributed by atoms with Crippen LogP contribution in [-0.4, -0.2) is 80.6 Å². The van der Waals surface area contributed by atoms with Crippen LogP contribution in [0.3, 0.4) is 0 Å². The number of nitrogens with one attached hydrogen (secondary N) is 1. The molecule has 4 rings (SSSR count). The number of methoxy groups -OCH3 is 3. The number of hydrogen-bond donors (Lipinski definition) is 1. The Morgan fingerprint density at radius 2 is 1.61 bits per heavy atom. The average Bonchev–Trinajstić information content (AvgIpc) is 3.01. The Hall–Kier alpha value is -4.27. The molecule has 3 aromatic rings. The number of carbonyl (C=O) groups excluding carboxylic acids is 3. The van der Waals surface area contributed by atoms with Crippen molar-refractivity contribution >= 4 is 28.5 Å². The van der Waals surface area contributed by atoms with Crippen molar-refractivity contribution in [3.8, 4) is 17.2 Å². The van der Waals surface area contributed by atoms with E-state index in [0.717, 1.165) is 10.8 Å². The molecule has 3 atom stereocenters. The number of amides is 3. The molecule has 1 fully saturated rings. The first kappa shape index (κ1) is 29.7. The summed E-state index contributed by atoms with van der Waals surface area (Å²) in [6.45, 7) is 7.05. The molecular formula is C32H39N3O6. The van der Waals surface area contributed by atoms with Crippen LogP contribution in [-0.2, 0) is 4.79 Å². The van der Waals surface area contributed by atoms with Crippen LogP contribution >= 0.6 is 0 Å². The van der Waals surface area contributed by atoms with Gasteiger partial charge < -0.3 is 29.3 Å². The van der Waals surface area contributed by atoms with Crippen LogP contribution in [0.15, 0.2) is 54.6 Å². The van der Waals surface area contributed by atoms with Crippen molar-refractivity contribution in [2.45, 2.75) is 39.3 Å². The number of rotatable bonds is 9. The van der Waals surface area contributed by atoms with Crippen molar-refractivity contribution in [1.29, 1.82) is 0 Å². The molecule has 1 aliphatic heterocycles. The molecule has 0 aromatic heterocycles. The molecule has 3 aromatic carbocycles. The monoisotopic (exact) mass is 561 g/mol. The van der Waals surface area contributed by atoms with Crippen LogP contribution in [0.1, 0.15) is 47.9 Å². The zero-order chi connectivity index (χ0) is 29.7. The summed E-state index contributed by atoms with van der Waals surface area (Å²) in [5.41, 5.74) is 0.948. The summed E-state index contributed by atoms with van der Waals surface area (Å²) in [6.07, 6.45) is 0.695. The first-order chi connectivity index (χ1) is 19.7. The van der Waals surface area contributed by atoms with E-state index in [1.807, 2.05) is 68.1 Å². The zero-order valence-corrected chi connectivity index (χ0v) is 24.6. The number of benzene rings is 3. The second kappa shape index (κ2) is 12.9. The summed E-state index contributed by atoms with van der Waals surface area (Å²) in [5, 5.41) is 4.88. The molecule has 0 saturated carbocycles. The standard InChI is InChI=1S/C32H39N3O6/c1-7-20(2)28(33-30(36)23-17-26(39-4)29(41-6)27(18-23)40-5)32(38)34-15-16-35(21(3)19-34)31(37)25-14-10-12-22-11-8-9-13-24(22)25/h8-14,17-18,20-21,28H,7,15-16,19H2,1-6H3,(H,33,36). The van der Waals surface area contributed by atoms with E-state index in [1.54, 1.807) is 17.0 Å². The highest BCUT2D eigenvalue weighted by Gasteiger charge is 2.36. The van der Waals surface area contributed by atoms with Crippen LogP contribution in [0.25, 0.3) is 10.8 Å². The number of carbonyl (C=O) groups is 3.